The minimum absolute atomic E-state index is 0.681. The lowest BCUT2D eigenvalue weighted by Gasteiger charge is -1.98. The first kappa shape index (κ1) is 9.44. The smallest absolute Gasteiger partial charge is 0.150 e. The molecule has 0 amide bonds. The number of hydrogen-bond acceptors (Lipinski definition) is 2. The summed E-state index contributed by atoms with van der Waals surface area (Å²) < 4.78 is 0.781. The SMILES string of the molecule is O=Cc1ccc(-c2ccsc2Cl)cc1. The average molecular weight is 223 g/mol. The van der Waals surface area contributed by atoms with Crippen LogP contribution in [0.1, 0.15) is 10.4 Å². The van der Waals surface area contributed by atoms with Crippen molar-refractivity contribution in [3.63, 3.8) is 0 Å². The first-order valence-corrected chi connectivity index (χ1v) is 5.35. The third-order valence-corrected chi connectivity index (χ3v) is 3.15. The Morgan fingerprint density at radius 2 is 1.86 bits per heavy atom. The van der Waals surface area contributed by atoms with Crippen LogP contribution >= 0.6 is 22.9 Å². The highest BCUT2D eigenvalue weighted by atomic mass is 35.5. The zero-order valence-corrected chi connectivity index (χ0v) is 8.81. The van der Waals surface area contributed by atoms with E-state index in [2.05, 4.69) is 0 Å². The van der Waals surface area contributed by atoms with Crippen LogP contribution in [0.15, 0.2) is 35.7 Å². The summed E-state index contributed by atoms with van der Waals surface area (Å²) in [6.45, 7) is 0. The molecule has 1 aromatic carbocycles. The van der Waals surface area contributed by atoms with Crippen LogP contribution in [0.25, 0.3) is 11.1 Å². The van der Waals surface area contributed by atoms with Crippen molar-refractivity contribution in [2.75, 3.05) is 0 Å². The van der Waals surface area contributed by atoms with Crippen LogP contribution in [0.4, 0.5) is 0 Å². The van der Waals surface area contributed by atoms with Crippen molar-refractivity contribution >= 4 is 29.2 Å². The van der Waals surface area contributed by atoms with Gasteiger partial charge in [0, 0.05) is 11.1 Å². The first-order valence-electron chi connectivity index (χ1n) is 4.10. The number of rotatable bonds is 2. The lowest BCUT2D eigenvalue weighted by molar-refractivity contribution is 0.112. The molecule has 0 spiro atoms. The van der Waals surface area contributed by atoms with E-state index in [9.17, 15) is 4.79 Å². The normalized spacial score (nSPS) is 10.1. The predicted molar refractivity (Wildman–Crippen MR) is 60.2 cm³/mol. The van der Waals surface area contributed by atoms with E-state index in [1.165, 1.54) is 11.3 Å². The predicted octanol–water partition coefficient (Wildman–Crippen LogP) is 3.88. The topological polar surface area (TPSA) is 17.1 Å². The van der Waals surface area contributed by atoms with Gasteiger partial charge in [-0.2, -0.15) is 0 Å². The number of benzene rings is 1. The van der Waals surface area contributed by atoms with E-state index in [-0.39, 0.29) is 0 Å². The maximum absolute atomic E-state index is 10.4. The molecule has 0 bridgehead atoms. The Labute approximate surface area is 91.0 Å². The lowest BCUT2D eigenvalue weighted by Crippen LogP contribution is -1.79. The third kappa shape index (κ3) is 1.72. The van der Waals surface area contributed by atoms with E-state index in [0.717, 1.165) is 21.7 Å². The molecule has 0 saturated carbocycles. The van der Waals surface area contributed by atoms with Gasteiger partial charge in [-0.25, -0.2) is 0 Å². The van der Waals surface area contributed by atoms with Crippen LogP contribution in [0, 0.1) is 0 Å². The summed E-state index contributed by atoms with van der Waals surface area (Å²) in [4.78, 5) is 10.4. The van der Waals surface area contributed by atoms with E-state index >= 15 is 0 Å². The van der Waals surface area contributed by atoms with Gasteiger partial charge in [-0.1, -0.05) is 35.9 Å². The van der Waals surface area contributed by atoms with Crippen LogP contribution < -0.4 is 0 Å². The van der Waals surface area contributed by atoms with Crippen LogP contribution in [0.5, 0.6) is 0 Å². The maximum Gasteiger partial charge on any atom is 0.150 e. The van der Waals surface area contributed by atoms with Crippen molar-refractivity contribution in [2.45, 2.75) is 0 Å². The van der Waals surface area contributed by atoms with E-state index in [0.29, 0.717) is 5.56 Å². The molecule has 1 aromatic heterocycles. The van der Waals surface area contributed by atoms with Gasteiger partial charge in [-0.15, -0.1) is 11.3 Å². The summed E-state index contributed by atoms with van der Waals surface area (Å²) in [6.07, 6.45) is 0.832. The molecule has 0 fully saturated rings. The average Bonchev–Trinajstić information content (AvgIpc) is 2.65. The summed E-state index contributed by atoms with van der Waals surface area (Å²) in [5, 5.41) is 1.95. The molecule has 0 N–H and O–H groups in total. The fourth-order valence-corrected chi connectivity index (χ4v) is 2.20. The first-order chi connectivity index (χ1) is 6.81. The zero-order chi connectivity index (χ0) is 9.97. The van der Waals surface area contributed by atoms with Gasteiger partial charge >= 0.3 is 0 Å². The molecule has 3 heteroatoms. The summed E-state index contributed by atoms with van der Waals surface area (Å²) >= 11 is 7.50. The van der Waals surface area contributed by atoms with Crippen molar-refractivity contribution in [1.29, 1.82) is 0 Å². The molecule has 1 nitrogen and oxygen atoms in total. The second-order valence-electron chi connectivity index (χ2n) is 2.85. The Kier molecular flexibility index (Phi) is 2.66. The molecule has 0 unspecified atom stereocenters. The van der Waals surface area contributed by atoms with Gasteiger partial charge in [0.15, 0.2) is 0 Å². The fraction of sp³-hybridized carbons (Fsp3) is 0. The highest BCUT2D eigenvalue weighted by molar-refractivity contribution is 7.15. The second kappa shape index (κ2) is 3.95. The maximum atomic E-state index is 10.4. The Hall–Kier alpha value is -1.12. The van der Waals surface area contributed by atoms with Crippen LogP contribution in [-0.4, -0.2) is 6.29 Å². The van der Waals surface area contributed by atoms with Gasteiger partial charge in [0.05, 0.1) is 0 Å². The molecule has 14 heavy (non-hydrogen) atoms. The lowest BCUT2D eigenvalue weighted by atomic mass is 10.1. The minimum Gasteiger partial charge on any atom is -0.298 e. The molecule has 0 radical (unpaired) electrons. The number of carbonyl (C=O) groups is 1. The number of hydrogen-bond donors (Lipinski definition) is 0. The molecule has 0 aliphatic carbocycles. The molecule has 70 valence electrons. The molecular weight excluding hydrogens is 216 g/mol. The van der Waals surface area contributed by atoms with Gasteiger partial charge in [-0.3, -0.25) is 4.79 Å². The summed E-state index contributed by atoms with van der Waals surface area (Å²) in [6, 6.07) is 9.35. The van der Waals surface area contributed by atoms with Crippen LogP contribution in [-0.2, 0) is 0 Å². The number of aldehydes is 1. The van der Waals surface area contributed by atoms with Crippen molar-refractivity contribution in [2.24, 2.45) is 0 Å². The van der Waals surface area contributed by atoms with Crippen molar-refractivity contribution in [3.05, 3.63) is 45.6 Å². The van der Waals surface area contributed by atoms with Crippen LogP contribution in [0.2, 0.25) is 4.34 Å². The minimum atomic E-state index is 0.681. The van der Waals surface area contributed by atoms with E-state index in [4.69, 9.17) is 11.6 Å². The molecule has 0 aliphatic heterocycles. The molecule has 0 saturated heterocycles. The number of thiophene rings is 1. The zero-order valence-electron chi connectivity index (χ0n) is 7.24. The molecule has 0 atom stereocenters. The highest BCUT2D eigenvalue weighted by Gasteiger charge is 2.03. The van der Waals surface area contributed by atoms with Gasteiger partial charge in [-0.05, 0) is 17.0 Å². The van der Waals surface area contributed by atoms with Gasteiger partial charge in [0.1, 0.15) is 10.6 Å². The largest absolute Gasteiger partial charge is 0.298 e. The second-order valence-corrected chi connectivity index (χ2v) is 4.37. The highest BCUT2D eigenvalue weighted by Crippen LogP contribution is 2.32. The van der Waals surface area contributed by atoms with Gasteiger partial charge in [0.25, 0.3) is 0 Å². The van der Waals surface area contributed by atoms with Crippen molar-refractivity contribution < 1.29 is 4.79 Å². The summed E-state index contributed by atoms with van der Waals surface area (Å²) in [5.41, 5.74) is 2.75. The fourth-order valence-electron chi connectivity index (χ4n) is 1.24. The summed E-state index contributed by atoms with van der Waals surface area (Å²) in [7, 11) is 0. The van der Waals surface area contributed by atoms with E-state index < -0.39 is 0 Å². The Balaban J connectivity index is 2.43. The Morgan fingerprint density at radius 1 is 1.14 bits per heavy atom. The molecule has 1 heterocycles. The monoisotopic (exact) mass is 222 g/mol. The Morgan fingerprint density at radius 3 is 2.36 bits per heavy atom. The molecule has 0 aliphatic rings. The van der Waals surface area contributed by atoms with Crippen molar-refractivity contribution in [1.82, 2.24) is 0 Å². The molecular formula is C11H7ClOS. The summed E-state index contributed by atoms with van der Waals surface area (Å²) in [5.74, 6) is 0. The molecule has 2 rings (SSSR count). The van der Waals surface area contributed by atoms with E-state index in [1.54, 1.807) is 12.1 Å². The van der Waals surface area contributed by atoms with Gasteiger partial charge < -0.3 is 0 Å². The van der Waals surface area contributed by atoms with Crippen LogP contribution in [0.3, 0.4) is 0 Å². The third-order valence-electron chi connectivity index (χ3n) is 1.98. The quantitative estimate of drug-likeness (QED) is 0.705. The number of carbonyl (C=O) groups excluding carboxylic acids is 1. The Bertz CT molecular complexity index is 445. The van der Waals surface area contributed by atoms with E-state index in [1.807, 2.05) is 23.6 Å². The van der Waals surface area contributed by atoms with Crippen molar-refractivity contribution in [3.8, 4) is 11.1 Å². The standard InChI is InChI=1S/C11H7ClOS/c12-11-10(5-6-14-11)9-3-1-8(7-13)2-4-9/h1-7H. The molecule has 2 aromatic rings. The number of halogens is 1. The van der Waals surface area contributed by atoms with Gasteiger partial charge in [0.2, 0.25) is 0 Å².